The van der Waals surface area contributed by atoms with E-state index in [-0.39, 0.29) is 23.8 Å². The molecule has 4 heteroatoms. The van der Waals surface area contributed by atoms with Gasteiger partial charge in [-0.05, 0) is 49.1 Å². The van der Waals surface area contributed by atoms with Gasteiger partial charge in [0, 0.05) is 12.5 Å². The lowest BCUT2D eigenvalue weighted by molar-refractivity contribution is -0.122. The molecule has 2 aliphatic rings. The molecule has 2 fully saturated rings. The zero-order chi connectivity index (χ0) is 15.5. The smallest absolute Gasteiger partial charge is 0.223 e. The Hall–Kier alpha value is -1.55. The van der Waals surface area contributed by atoms with Crippen molar-refractivity contribution in [3.8, 4) is 5.75 Å². The van der Waals surface area contributed by atoms with E-state index >= 15 is 0 Å². The predicted molar refractivity (Wildman–Crippen MR) is 84.8 cm³/mol. The van der Waals surface area contributed by atoms with Crippen LogP contribution in [-0.4, -0.2) is 30.8 Å². The Kier molecular flexibility index (Phi) is 4.67. The number of carbonyl (C=O) groups is 1. The van der Waals surface area contributed by atoms with Crippen LogP contribution in [0.25, 0.3) is 0 Å². The first-order valence-electron chi connectivity index (χ1n) is 8.27. The van der Waals surface area contributed by atoms with Crippen molar-refractivity contribution in [2.24, 2.45) is 11.8 Å². The number of aliphatic hydroxyl groups excluding tert-OH is 1. The second-order valence-corrected chi connectivity index (χ2v) is 6.62. The quantitative estimate of drug-likeness (QED) is 0.878. The number of carbonyl (C=O) groups excluding carboxylic acids is 1. The average molecular weight is 303 g/mol. The average Bonchev–Trinajstić information content (AvgIpc) is 3.33. The molecule has 4 nitrogen and oxygen atoms in total. The number of amides is 1. The lowest BCUT2D eigenvalue weighted by Gasteiger charge is -2.25. The first-order chi connectivity index (χ1) is 10.7. The van der Waals surface area contributed by atoms with Crippen molar-refractivity contribution in [3.63, 3.8) is 0 Å². The number of para-hydroxylation sites is 1. The van der Waals surface area contributed by atoms with Crippen molar-refractivity contribution in [2.75, 3.05) is 13.7 Å². The normalized spacial score (nSPS) is 30.6. The third kappa shape index (κ3) is 3.43. The van der Waals surface area contributed by atoms with Crippen LogP contribution in [0.2, 0.25) is 0 Å². The van der Waals surface area contributed by atoms with Crippen molar-refractivity contribution in [2.45, 2.75) is 44.1 Å². The molecule has 0 radical (unpaired) electrons. The highest BCUT2D eigenvalue weighted by atomic mass is 16.5. The number of hydrogen-bond donors (Lipinski definition) is 2. The molecule has 1 amide bonds. The van der Waals surface area contributed by atoms with E-state index < -0.39 is 0 Å². The molecule has 0 aromatic heterocycles. The fourth-order valence-electron chi connectivity index (χ4n) is 3.63. The minimum absolute atomic E-state index is 0.0739. The number of rotatable bonds is 5. The van der Waals surface area contributed by atoms with Crippen LogP contribution in [-0.2, 0) is 4.79 Å². The summed E-state index contributed by atoms with van der Waals surface area (Å²) in [6, 6.07) is 7.95. The van der Waals surface area contributed by atoms with Crippen LogP contribution in [0, 0.1) is 11.8 Å². The number of nitrogens with one attached hydrogen (secondary N) is 1. The SMILES string of the molecule is COc1ccccc1C1CC1C(=O)NCC1CCCC(O)C1. The summed E-state index contributed by atoms with van der Waals surface area (Å²) in [5, 5.41) is 12.8. The van der Waals surface area contributed by atoms with Gasteiger partial charge in [0.25, 0.3) is 0 Å². The maximum Gasteiger partial charge on any atom is 0.223 e. The van der Waals surface area contributed by atoms with Gasteiger partial charge >= 0.3 is 0 Å². The van der Waals surface area contributed by atoms with E-state index in [0.717, 1.165) is 43.4 Å². The number of ether oxygens (including phenoxy) is 1. The van der Waals surface area contributed by atoms with E-state index in [1.165, 1.54) is 0 Å². The molecular formula is C18H25NO3. The third-order valence-corrected chi connectivity index (χ3v) is 4.99. The highest BCUT2D eigenvalue weighted by Crippen LogP contribution is 2.50. The molecule has 3 rings (SSSR count). The van der Waals surface area contributed by atoms with E-state index in [4.69, 9.17) is 4.74 Å². The van der Waals surface area contributed by atoms with Crippen LogP contribution in [0.4, 0.5) is 0 Å². The Morgan fingerprint density at radius 2 is 2.14 bits per heavy atom. The summed E-state index contributed by atoms with van der Waals surface area (Å²) in [4.78, 5) is 12.3. The minimum Gasteiger partial charge on any atom is -0.496 e. The fourth-order valence-corrected chi connectivity index (χ4v) is 3.63. The van der Waals surface area contributed by atoms with Gasteiger partial charge in [-0.3, -0.25) is 4.79 Å². The number of benzene rings is 1. The summed E-state index contributed by atoms with van der Waals surface area (Å²) in [5.74, 6) is 1.81. The maximum absolute atomic E-state index is 12.3. The molecule has 1 aromatic rings. The molecule has 0 spiro atoms. The molecule has 4 unspecified atom stereocenters. The first-order valence-corrected chi connectivity index (χ1v) is 8.27. The van der Waals surface area contributed by atoms with Gasteiger partial charge in [0.15, 0.2) is 0 Å². The highest BCUT2D eigenvalue weighted by Gasteiger charge is 2.45. The van der Waals surface area contributed by atoms with Gasteiger partial charge in [-0.15, -0.1) is 0 Å². The lowest BCUT2D eigenvalue weighted by atomic mass is 9.87. The third-order valence-electron chi connectivity index (χ3n) is 4.99. The topological polar surface area (TPSA) is 58.6 Å². The van der Waals surface area contributed by atoms with E-state index in [9.17, 15) is 9.90 Å². The predicted octanol–water partition coefficient (Wildman–Crippen LogP) is 2.47. The molecule has 0 aliphatic heterocycles. The molecular weight excluding hydrogens is 278 g/mol. The first kappa shape index (κ1) is 15.3. The monoisotopic (exact) mass is 303 g/mol. The second kappa shape index (κ2) is 6.69. The summed E-state index contributed by atoms with van der Waals surface area (Å²) < 4.78 is 5.38. The van der Waals surface area contributed by atoms with E-state index in [1.54, 1.807) is 7.11 Å². The van der Waals surface area contributed by atoms with E-state index in [0.29, 0.717) is 12.5 Å². The molecule has 2 N–H and O–H groups in total. The van der Waals surface area contributed by atoms with Gasteiger partial charge < -0.3 is 15.2 Å². The van der Waals surface area contributed by atoms with Crippen molar-refractivity contribution < 1.29 is 14.6 Å². The fraction of sp³-hybridized carbons (Fsp3) is 0.611. The van der Waals surface area contributed by atoms with Gasteiger partial charge in [-0.1, -0.05) is 24.6 Å². The Morgan fingerprint density at radius 3 is 2.91 bits per heavy atom. The number of methoxy groups -OCH3 is 1. The number of aliphatic hydroxyl groups is 1. The van der Waals surface area contributed by atoms with E-state index in [2.05, 4.69) is 5.32 Å². The summed E-state index contributed by atoms with van der Waals surface area (Å²) in [5.41, 5.74) is 1.14. The Bertz CT molecular complexity index is 531. The molecule has 4 atom stereocenters. The van der Waals surface area contributed by atoms with Gasteiger partial charge in [-0.2, -0.15) is 0 Å². The van der Waals surface area contributed by atoms with Crippen LogP contribution in [0.15, 0.2) is 24.3 Å². The van der Waals surface area contributed by atoms with Crippen LogP contribution < -0.4 is 10.1 Å². The highest BCUT2D eigenvalue weighted by molar-refractivity contribution is 5.83. The minimum atomic E-state index is -0.182. The van der Waals surface area contributed by atoms with Crippen molar-refractivity contribution in [3.05, 3.63) is 29.8 Å². The van der Waals surface area contributed by atoms with Gasteiger partial charge in [0.1, 0.15) is 5.75 Å². The Labute approximate surface area is 131 Å². The van der Waals surface area contributed by atoms with Gasteiger partial charge in [0.05, 0.1) is 13.2 Å². The summed E-state index contributed by atoms with van der Waals surface area (Å²) in [6.07, 6.45) is 4.62. The molecule has 120 valence electrons. The standard InChI is InChI=1S/C18H25NO3/c1-22-17-8-3-2-7-14(17)15-10-16(15)18(21)19-11-12-5-4-6-13(20)9-12/h2-3,7-8,12-13,15-16,20H,4-6,9-11H2,1H3,(H,19,21). The van der Waals surface area contributed by atoms with Crippen molar-refractivity contribution >= 4 is 5.91 Å². The molecule has 22 heavy (non-hydrogen) atoms. The molecule has 0 saturated heterocycles. The molecule has 2 aliphatic carbocycles. The van der Waals surface area contributed by atoms with Gasteiger partial charge in [-0.25, -0.2) is 0 Å². The van der Waals surface area contributed by atoms with Crippen LogP contribution >= 0.6 is 0 Å². The van der Waals surface area contributed by atoms with Crippen molar-refractivity contribution in [1.29, 1.82) is 0 Å². The molecule has 1 aromatic carbocycles. The maximum atomic E-state index is 12.3. The molecule has 0 heterocycles. The molecule has 2 saturated carbocycles. The summed E-state index contributed by atoms with van der Waals surface area (Å²) in [6.45, 7) is 0.699. The zero-order valence-electron chi connectivity index (χ0n) is 13.1. The van der Waals surface area contributed by atoms with Crippen LogP contribution in [0.3, 0.4) is 0 Å². The van der Waals surface area contributed by atoms with Crippen LogP contribution in [0.1, 0.15) is 43.6 Å². The summed E-state index contributed by atoms with van der Waals surface area (Å²) in [7, 11) is 1.67. The van der Waals surface area contributed by atoms with Crippen LogP contribution in [0.5, 0.6) is 5.75 Å². The zero-order valence-corrected chi connectivity index (χ0v) is 13.1. The largest absolute Gasteiger partial charge is 0.496 e. The Balaban J connectivity index is 1.50. The number of hydrogen-bond acceptors (Lipinski definition) is 3. The van der Waals surface area contributed by atoms with Gasteiger partial charge in [0.2, 0.25) is 5.91 Å². The lowest BCUT2D eigenvalue weighted by Crippen LogP contribution is -2.34. The van der Waals surface area contributed by atoms with Crippen molar-refractivity contribution in [1.82, 2.24) is 5.32 Å². The Morgan fingerprint density at radius 1 is 1.32 bits per heavy atom. The second-order valence-electron chi connectivity index (χ2n) is 6.62. The summed E-state index contributed by atoms with van der Waals surface area (Å²) >= 11 is 0. The van der Waals surface area contributed by atoms with E-state index in [1.807, 2.05) is 24.3 Å². The molecule has 0 bridgehead atoms.